The predicted molar refractivity (Wildman–Crippen MR) is 71.1 cm³/mol. The third kappa shape index (κ3) is 4.49. The van der Waals surface area contributed by atoms with Crippen molar-refractivity contribution in [2.45, 2.75) is 12.8 Å². The van der Waals surface area contributed by atoms with Gasteiger partial charge < -0.3 is 10.2 Å². The molecule has 1 saturated heterocycles. The summed E-state index contributed by atoms with van der Waals surface area (Å²) in [5, 5.41) is 2.76. The van der Waals surface area contributed by atoms with Crippen LogP contribution in [0.2, 0.25) is 0 Å². The van der Waals surface area contributed by atoms with Crippen LogP contribution in [0.15, 0.2) is 12.7 Å². The molecule has 0 bridgehead atoms. The van der Waals surface area contributed by atoms with Crippen molar-refractivity contribution >= 4 is 11.8 Å². The molecule has 1 rings (SSSR count). The molecular formula is C13H23N3O2. The highest BCUT2D eigenvalue weighted by Crippen LogP contribution is 2.18. The lowest BCUT2D eigenvalue weighted by Crippen LogP contribution is -2.44. The van der Waals surface area contributed by atoms with Crippen molar-refractivity contribution in [2.75, 3.05) is 40.3 Å². The lowest BCUT2D eigenvalue weighted by atomic mass is 9.95. The van der Waals surface area contributed by atoms with Gasteiger partial charge in [-0.05, 0) is 25.9 Å². The van der Waals surface area contributed by atoms with E-state index in [1.165, 1.54) is 0 Å². The summed E-state index contributed by atoms with van der Waals surface area (Å²) in [5.41, 5.74) is 0. The maximum Gasteiger partial charge on any atom is 0.234 e. The first kappa shape index (κ1) is 14.7. The molecule has 1 aliphatic heterocycles. The first-order valence-electron chi connectivity index (χ1n) is 6.35. The monoisotopic (exact) mass is 253 g/mol. The van der Waals surface area contributed by atoms with E-state index >= 15 is 0 Å². The minimum absolute atomic E-state index is 0.0206. The summed E-state index contributed by atoms with van der Waals surface area (Å²) in [6.07, 6.45) is 3.34. The molecule has 0 aromatic heterocycles. The van der Waals surface area contributed by atoms with Gasteiger partial charge in [0.2, 0.25) is 11.8 Å². The van der Waals surface area contributed by atoms with Crippen LogP contribution in [0.5, 0.6) is 0 Å². The molecule has 102 valence electrons. The van der Waals surface area contributed by atoms with Crippen molar-refractivity contribution in [2.24, 2.45) is 5.92 Å². The molecule has 0 saturated carbocycles. The Morgan fingerprint density at radius 2 is 2.00 bits per heavy atom. The van der Waals surface area contributed by atoms with Crippen LogP contribution in [0.4, 0.5) is 0 Å². The zero-order chi connectivity index (χ0) is 13.5. The van der Waals surface area contributed by atoms with Crippen molar-refractivity contribution < 1.29 is 9.59 Å². The van der Waals surface area contributed by atoms with Crippen LogP contribution in [0, 0.1) is 5.92 Å². The maximum absolute atomic E-state index is 11.8. The van der Waals surface area contributed by atoms with Crippen molar-refractivity contribution in [3.05, 3.63) is 12.7 Å². The Labute approximate surface area is 109 Å². The minimum Gasteiger partial charge on any atom is -0.352 e. The lowest BCUT2D eigenvalue weighted by molar-refractivity contribution is -0.134. The van der Waals surface area contributed by atoms with E-state index in [4.69, 9.17) is 0 Å². The second kappa shape index (κ2) is 7.16. The average Bonchev–Trinajstić information content (AvgIpc) is 2.36. The molecular weight excluding hydrogens is 230 g/mol. The van der Waals surface area contributed by atoms with Gasteiger partial charge in [-0.3, -0.25) is 14.5 Å². The summed E-state index contributed by atoms with van der Waals surface area (Å²) in [4.78, 5) is 27.0. The highest BCUT2D eigenvalue weighted by Gasteiger charge is 2.26. The summed E-state index contributed by atoms with van der Waals surface area (Å²) < 4.78 is 0. The standard InChI is InChI=1S/C13H23N3O2/c1-4-7-14-12(17)10-16-8-5-11(6-9-16)13(18)15(2)3/h4,11H,1,5-10H2,2-3H3,(H,14,17). The van der Waals surface area contributed by atoms with Crippen LogP contribution >= 0.6 is 0 Å². The van der Waals surface area contributed by atoms with Gasteiger partial charge in [0.05, 0.1) is 6.54 Å². The maximum atomic E-state index is 11.8. The summed E-state index contributed by atoms with van der Waals surface area (Å²) in [7, 11) is 3.58. The van der Waals surface area contributed by atoms with Gasteiger partial charge in [-0.15, -0.1) is 6.58 Å². The van der Waals surface area contributed by atoms with Crippen molar-refractivity contribution in [1.82, 2.24) is 15.1 Å². The number of likely N-dealkylation sites (tertiary alicyclic amines) is 1. The zero-order valence-corrected chi connectivity index (χ0v) is 11.3. The molecule has 0 aromatic carbocycles. The molecule has 0 spiro atoms. The predicted octanol–water partition coefficient (Wildman–Crippen LogP) is 0.0888. The Hall–Kier alpha value is -1.36. The molecule has 1 N–H and O–H groups in total. The van der Waals surface area contributed by atoms with E-state index in [0.29, 0.717) is 13.1 Å². The fourth-order valence-electron chi connectivity index (χ4n) is 2.15. The molecule has 5 nitrogen and oxygen atoms in total. The quantitative estimate of drug-likeness (QED) is 0.707. The van der Waals surface area contributed by atoms with E-state index in [9.17, 15) is 9.59 Å². The number of hydrogen-bond acceptors (Lipinski definition) is 3. The number of hydrogen-bond donors (Lipinski definition) is 1. The highest BCUT2D eigenvalue weighted by atomic mass is 16.2. The number of nitrogens with one attached hydrogen (secondary N) is 1. The van der Waals surface area contributed by atoms with Gasteiger partial charge in [0.25, 0.3) is 0 Å². The minimum atomic E-state index is 0.0206. The number of carbonyl (C=O) groups excluding carboxylic acids is 2. The third-order valence-corrected chi connectivity index (χ3v) is 3.19. The summed E-state index contributed by atoms with van der Waals surface area (Å²) in [6, 6.07) is 0. The molecule has 1 aliphatic rings. The van der Waals surface area contributed by atoms with Crippen LogP contribution in [0.3, 0.4) is 0 Å². The van der Waals surface area contributed by atoms with Crippen molar-refractivity contribution in [3.8, 4) is 0 Å². The van der Waals surface area contributed by atoms with E-state index in [-0.39, 0.29) is 17.7 Å². The topological polar surface area (TPSA) is 52.7 Å². The van der Waals surface area contributed by atoms with Gasteiger partial charge in [0.15, 0.2) is 0 Å². The highest BCUT2D eigenvalue weighted by molar-refractivity contribution is 5.79. The van der Waals surface area contributed by atoms with Gasteiger partial charge in [-0.25, -0.2) is 0 Å². The first-order chi connectivity index (χ1) is 8.54. The molecule has 1 heterocycles. The molecule has 1 fully saturated rings. The van der Waals surface area contributed by atoms with E-state index in [0.717, 1.165) is 25.9 Å². The molecule has 0 atom stereocenters. The van der Waals surface area contributed by atoms with Crippen LogP contribution < -0.4 is 5.32 Å². The van der Waals surface area contributed by atoms with Gasteiger partial charge in [0, 0.05) is 26.6 Å². The third-order valence-electron chi connectivity index (χ3n) is 3.19. The lowest BCUT2D eigenvalue weighted by Gasteiger charge is -2.31. The number of amides is 2. The second-order valence-electron chi connectivity index (χ2n) is 4.88. The first-order valence-corrected chi connectivity index (χ1v) is 6.35. The van der Waals surface area contributed by atoms with Crippen LogP contribution in [0.25, 0.3) is 0 Å². The molecule has 2 amide bonds. The molecule has 18 heavy (non-hydrogen) atoms. The van der Waals surface area contributed by atoms with E-state index in [1.54, 1.807) is 25.1 Å². The Balaban J connectivity index is 2.29. The number of piperidine rings is 1. The molecule has 0 radical (unpaired) electrons. The number of carbonyl (C=O) groups is 2. The van der Waals surface area contributed by atoms with Gasteiger partial charge in [-0.1, -0.05) is 6.08 Å². The van der Waals surface area contributed by atoms with Crippen LogP contribution in [-0.2, 0) is 9.59 Å². The normalized spacial score (nSPS) is 17.2. The number of nitrogens with zero attached hydrogens (tertiary/aromatic N) is 2. The van der Waals surface area contributed by atoms with Gasteiger partial charge in [0.1, 0.15) is 0 Å². The Bertz CT molecular complexity index is 307. The van der Waals surface area contributed by atoms with Gasteiger partial charge >= 0.3 is 0 Å². The van der Waals surface area contributed by atoms with Crippen molar-refractivity contribution in [1.29, 1.82) is 0 Å². The van der Waals surface area contributed by atoms with E-state index in [1.807, 2.05) is 0 Å². The van der Waals surface area contributed by atoms with Crippen LogP contribution in [0.1, 0.15) is 12.8 Å². The molecule has 0 unspecified atom stereocenters. The van der Waals surface area contributed by atoms with E-state index in [2.05, 4.69) is 16.8 Å². The molecule has 0 aliphatic carbocycles. The summed E-state index contributed by atoms with van der Waals surface area (Å²) >= 11 is 0. The largest absolute Gasteiger partial charge is 0.352 e. The molecule has 0 aromatic rings. The summed E-state index contributed by atoms with van der Waals surface area (Å²) in [5.74, 6) is 0.338. The van der Waals surface area contributed by atoms with Crippen LogP contribution in [-0.4, -0.2) is 61.9 Å². The Morgan fingerprint density at radius 1 is 1.39 bits per heavy atom. The Morgan fingerprint density at radius 3 is 2.50 bits per heavy atom. The van der Waals surface area contributed by atoms with E-state index < -0.39 is 0 Å². The zero-order valence-electron chi connectivity index (χ0n) is 11.3. The van der Waals surface area contributed by atoms with Crippen molar-refractivity contribution in [3.63, 3.8) is 0 Å². The smallest absolute Gasteiger partial charge is 0.234 e. The SMILES string of the molecule is C=CCNC(=O)CN1CCC(C(=O)N(C)C)CC1. The Kier molecular flexibility index (Phi) is 5.85. The summed E-state index contributed by atoms with van der Waals surface area (Å²) in [6.45, 7) is 6.10. The fourth-order valence-corrected chi connectivity index (χ4v) is 2.15. The second-order valence-corrected chi connectivity index (χ2v) is 4.88. The van der Waals surface area contributed by atoms with Gasteiger partial charge in [-0.2, -0.15) is 0 Å². The molecule has 5 heteroatoms. The fraction of sp³-hybridized carbons (Fsp3) is 0.692. The average molecular weight is 253 g/mol. The number of rotatable bonds is 5.